The Balaban J connectivity index is 0. The van der Waals surface area contributed by atoms with E-state index >= 15 is 0 Å². The van der Waals surface area contributed by atoms with Gasteiger partial charge in [-0.25, -0.2) is 9.59 Å². The second-order valence-electron chi connectivity index (χ2n) is 1.88. The summed E-state index contributed by atoms with van der Waals surface area (Å²) in [6.07, 6.45) is -0.446. The topological polar surface area (TPSA) is 112 Å². The summed E-state index contributed by atoms with van der Waals surface area (Å²) in [6, 6.07) is 0. The first-order valence-electron chi connectivity index (χ1n) is 2.82. The van der Waals surface area contributed by atoms with Crippen LogP contribution in [0.1, 0.15) is 6.42 Å². The molecular weight excluding hydrogens is 207 g/mol. The molecule has 0 aliphatic rings. The van der Waals surface area contributed by atoms with E-state index in [0.29, 0.717) is 6.08 Å². The van der Waals surface area contributed by atoms with Gasteiger partial charge in [-0.15, -0.1) is 0 Å². The second-order valence-corrected chi connectivity index (χ2v) is 1.88. The van der Waals surface area contributed by atoms with Gasteiger partial charge in [0.1, 0.15) is 0 Å². The van der Waals surface area contributed by atoms with Crippen LogP contribution in [0.2, 0.25) is 0 Å². The van der Waals surface area contributed by atoms with Crippen LogP contribution in [-0.4, -0.2) is 84.6 Å². The van der Waals surface area contributed by atoms with Crippen molar-refractivity contribution in [3.8, 4) is 0 Å². The predicted molar refractivity (Wildman–Crippen MR) is 42.8 cm³/mol. The van der Waals surface area contributed by atoms with E-state index in [2.05, 4.69) is 0 Å². The number of hydrogen-bond donors (Lipinski definition) is 3. The summed E-state index contributed by atoms with van der Waals surface area (Å²) in [5.41, 5.74) is -0.657. The third-order valence-corrected chi connectivity index (χ3v) is 0.914. The molecule has 6 nitrogen and oxygen atoms in total. The third-order valence-electron chi connectivity index (χ3n) is 0.914. The van der Waals surface area contributed by atoms with Crippen molar-refractivity contribution in [2.24, 2.45) is 0 Å². The normalized spacial score (nSPS) is 10.0. The Labute approximate surface area is 116 Å². The fraction of sp³-hybridized carbons (Fsp3) is 0.167. The van der Waals surface area contributed by atoms with E-state index in [1.54, 1.807) is 0 Å². The van der Waals surface area contributed by atoms with Crippen LogP contribution in [0.15, 0.2) is 11.6 Å². The molecule has 0 heterocycles. The van der Waals surface area contributed by atoms with E-state index in [9.17, 15) is 14.4 Å². The molecule has 0 radical (unpaired) electrons. The minimum absolute atomic E-state index is 0. The van der Waals surface area contributed by atoms with E-state index in [-0.39, 0.29) is 51.4 Å². The van der Waals surface area contributed by atoms with Crippen LogP contribution in [0, 0.1) is 0 Å². The zero-order valence-corrected chi connectivity index (χ0v) is 5.85. The maximum atomic E-state index is 10.2. The molecule has 0 rings (SSSR count). The van der Waals surface area contributed by atoms with Crippen molar-refractivity contribution in [2.45, 2.75) is 6.42 Å². The zero-order valence-electron chi connectivity index (χ0n) is 5.85. The van der Waals surface area contributed by atoms with Crippen LogP contribution in [-0.2, 0) is 14.4 Å². The Hall–Kier alpha value is -0.214. The van der Waals surface area contributed by atoms with E-state index in [1.807, 2.05) is 0 Å². The van der Waals surface area contributed by atoms with Crippen molar-refractivity contribution in [1.29, 1.82) is 0 Å². The van der Waals surface area contributed by atoms with E-state index in [4.69, 9.17) is 15.3 Å². The van der Waals surface area contributed by atoms with Gasteiger partial charge >= 0.3 is 69.3 Å². The van der Waals surface area contributed by atoms with Gasteiger partial charge < -0.3 is 15.3 Å². The van der Waals surface area contributed by atoms with Crippen molar-refractivity contribution in [3.63, 3.8) is 0 Å². The van der Waals surface area contributed by atoms with Crippen LogP contribution < -0.4 is 0 Å². The number of rotatable bonds is 4. The first kappa shape index (κ1) is 15.3. The molecule has 0 fully saturated rings. The van der Waals surface area contributed by atoms with Crippen molar-refractivity contribution in [2.75, 3.05) is 0 Å². The molecule has 0 aromatic carbocycles. The summed E-state index contributed by atoms with van der Waals surface area (Å²) in [4.78, 5) is 30.1. The molecule has 0 spiro atoms. The van der Waals surface area contributed by atoms with Gasteiger partial charge in [0.25, 0.3) is 0 Å². The average molecular weight is 214 g/mol. The molecule has 0 unspecified atom stereocenters. The van der Waals surface area contributed by atoms with Crippen LogP contribution in [0.25, 0.3) is 0 Å². The standard InChI is InChI=1S/C6H6O6.K.H/c7-4(8)1-3(6(11)12)2-5(9)10;;/h1H,2H2,(H,7,8)(H,9,10)(H,11,12);;. The van der Waals surface area contributed by atoms with Crippen LogP contribution in [0.3, 0.4) is 0 Å². The molecule has 68 valence electrons. The molecule has 0 aromatic rings. The van der Waals surface area contributed by atoms with Crippen LogP contribution >= 0.6 is 0 Å². The first-order valence-corrected chi connectivity index (χ1v) is 2.82. The van der Waals surface area contributed by atoms with Crippen LogP contribution in [0.4, 0.5) is 0 Å². The first-order chi connectivity index (χ1) is 5.43. The Kier molecular flexibility index (Phi) is 8.47. The van der Waals surface area contributed by atoms with Crippen molar-refractivity contribution < 1.29 is 29.7 Å². The third kappa shape index (κ3) is 8.13. The number of carboxylic acid groups (broad SMARTS) is 3. The van der Waals surface area contributed by atoms with Gasteiger partial charge in [-0.3, -0.25) is 4.79 Å². The van der Waals surface area contributed by atoms with Gasteiger partial charge in [0.15, 0.2) is 0 Å². The molecule has 13 heavy (non-hydrogen) atoms. The Bertz CT molecular complexity index is 256. The Morgan fingerprint density at radius 2 is 1.54 bits per heavy atom. The molecule has 3 N–H and O–H groups in total. The molecule has 0 aliphatic heterocycles. The van der Waals surface area contributed by atoms with Gasteiger partial charge in [0, 0.05) is 6.08 Å². The summed E-state index contributed by atoms with van der Waals surface area (Å²) in [6.45, 7) is 0. The number of hydrogen-bond acceptors (Lipinski definition) is 3. The van der Waals surface area contributed by atoms with Gasteiger partial charge in [0.2, 0.25) is 0 Å². The fourth-order valence-corrected chi connectivity index (χ4v) is 0.500. The summed E-state index contributed by atoms with van der Waals surface area (Å²) in [5, 5.41) is 24.5. The molecular formula is C6H7KO6. The molecule has 0 saturated carbocycles. The summed E-state index contributed by atoms with van der Waals surface area (Å²) >= 11 is 0. The maximum absolute atomic E-state index is 10.2. The minimum atomic E-state index is -1.54. The van der Waals surface area contributed by atoms with Crippen molar-refractivity contribution in [3.05, 3.63) is 11.6 Å². The molecule has 7 heteroatoms. The van der Waals surface area contributed by atoms with Gasteiger partial charge in [-0.2, -0.15) is 0 Å². The number of carbonyl (C=O) groups is 3. The van der Waals surface area contributed by atoms with Crippen molar-refractivity contribution >= 4 is 69.3 Å². The Morgan fingerprint density at radius 3 is 1.77 bits per heavy atom. The molecule has 0 saturated heterocycles. The van der Waals surface area contributed by atoms with E-state index in [0.717, 1.165) is 0 Å². The summed E-state index contributed by atoms with van der Waals surface area (Å²) < 4.78 is 0. The average Bonchev–Trinajstić information content (AvgIpc) is 1.83. The van der Waals surface area contributed by atoms with Gasteiger partial charge in [-0.05, 0) is 0 Å². The predicted octanol–water partition coefficient (Wildman–Crippen LogP) is -1.09. The van der Waals surface area contributed by atoms with Gasteiger partial charge in [-0.1, -0.05) is 0 Å². The van der Waals surface area contributed by atoms with E-state index < -0.39 is 29.9 Å². The summed E-state index contributed by atoms with van der Waals surface area (Å²) in [7, 11) is 0. The molecule has 0 bridgehead atoms. The summed E-state index contributed by atoms with van der Waals surface area (Å²) in [5.74, 6) is -4.40. The zero-order chi connectivity index (χ0) is 9.72. The van der Waals surface area contributed by atoms with Gasteiger partial charge in [0.05, 0.1) is 12.0 Å². The van der Waals surface area contributed by atoms with Crippen LogP contribution in [0.5, 0.6) is 0 Å². The second kappa shape index (κ2) is 7.21. The number of aliphatic carboxylic acids is 3. The molecule has 0 aliphatic carbocycles. The molecule has 0 amide bonds. The van der Waals surface area contributed by atoms with Crippen molar-refractivity contribution in [1.82, 2.24) is 0 Å². The fourth-order valence-electron chi connectivity index (χ4n) is 0.500. The monoisotopic (exact) mass is 214 g/mol. The number of carboxylic acids is 3. The SMILES string of the molecule is O=C(O)C=C(CC(=O)O)C(=O)O.[KH]. The molecule has 0 atom stereocenters. The molecule has 0 aromatic heterocycles. The quantitative estimate of drug-likeness (QED) is 0.405. The Morgan fingerprint density at radius 1 is 1.08 bits per heavy atom. The van der Waals surface area contributed by atoms with E-state index in [1.165, 1.54) is 0 Å².